The van der Waals surface area contributed by atoms with Crippen molar-refractivity contribution >= 4 is 11.0 Å². The van der Waals surface area contributed by atoms with Crippen LogP contribution in [-0.2, 0) is 13.0 Å². The van der Waals surface area contributed by atoms with Gasteiger partial charge < -0.3 is 10.3 Å². The number of benzene rings is 2. The van der Waals surface area contributed by atoms with E-state index in [1.165, 1.54) is 37.7 Å². The van der Waals surface area contributed by atoms with Crippen molar-refractivity contribution in [2.45, 2.75) is 44.7 Å². The van der Waals surface area contributed by atoms with E-state index in [1.54, 1.807) is 0 Å². The van der Waals surface area contributed by atoms with E-state index in [2.05, 4.69) is 57.7 Å². The molecule has 0 aliphatic heterocycles. The van der Waals surface area contributed by atoms with E-state index in [1.807, 2.05) is 12.1 Å². The SMILES string of the molecule is c1ccc(C[C@H]2CC[C@@H](NCc3nc4ccccc4[nH]3)CC2)cc1. The first-order valence-electron chi connectivity index (χ1n) is 9.08. The maximum Gasteiger partial charge on any atom is 0.121 e. The van der Waals surface area contributed by atoms with Gasteiger partial charge >= 0.3 is 0 Å². The molecule has 3 heteroatoms. The van der Waals surface area contributed by atoms with Crippen LogP contribution in [0.15, 0.2) is 54.6 Å². The number of imidazole rings is 1. The molecule has 0 atom stereocenters. The number of nitrogens with one attached hydrogen (secondary N) is 2. The number of fused-ring (bicyclic) bond motifs is 1. The van der Waals surface area contributed by atoms with Gasteiger partial charge in [0.1, 0.15) is 5.82 Å². The van der Waals surface area contributed by atoms with Crippen molar-refractivity contribution in [1.82, 2.24) is 15.3 Å². The van der Waals surface area contributed by atoms with Crippen molar-refractivity contribution in [3.05, 3.63) is 66.0 Å². The quantitative estimate of drug-likeness (QED) is 0.729. The maximum absolute atomic E-state index is 4.65. The molecule has 1 aliphatic carbocycles. The predicted octanol–water partition coefficient (Wildman–Crippen LogP) is 4.45. The van der Waals surface area contributed by atoms with Gasteiger partial charge in [0.15, 0.2) is 0 Å². The third-order valence-electron chi connectivity index (χ3n) is 5.21. The molecule has 1 fully saturated rings. The predicted molar refractivity (Wildman–Crippen MR) is 98.8 cm³/mol. The molecule has 0 unspecified atom stereocenters. The van der Waals surface area contributed by atoms with E-state index in [4.69, 9.17) is 0 Å². The van der Waals surface area contributed by atoms with Crippen molar-refractivity contribution in [3.8, 4) is 0 Å². The molecule has 0 bridgehead atoms. The second kappa shape index (κ2) is 7.18. The molecule has 1 saturated carbocycles. The zero-order valence-corrected chi connectivity index (χ0v) is 14.0. The lowest BCUT2D eigenvalue weighted by molar-refractivity contribution is 0.288. The number of para-hydroxylation sites is 2. The first-order chi connectivity index (χ1) is 11.9. The van der Waals surface area contributed by atoms with Gasteiger partial charge in [-0.2, -0.15) is 0 Å². The maximum atomic E-state index is 4.65. The number of aromatic nitrogens is 2. The topological polar surface area (TPSA) is 40.7 Å². The Kier molecular flexibility index (Phi) is 4.61. The van der Waals surface area contributed by atoms with Crippen LogP contribution in [0, 0.1) is 5.92 Å². The molecule has 0 saturated heterocycles. The Hall–Kier alpha value is -2.13. The largest absolute Gasteiger partial charge is 0.341 e. The summed E-state index contributed by atoms with van der Waals surface area (Å²) in [7, 11) is 0. The lowest BCUT2D eigenvalue weighted by Crippen LogP contribution is -2.33. The van der Waals surface area contributed by atoms with Crippen molar-refractivity contribution in [2.75, 3.05) is 0 Å². The molecule has 3 aromatic rings. The Morgan fingerprint density at radius 3 is 2.46 bits per heavy atom. The third kappa shape index (κ3) is 3.68. The summed E-state index contributed by atoms with van der Waals surface area (Å²) in [4.78, 5) is 8.05. The van der Waals surface area contributed by atoms with Gasteiger partial charge in [0, 0.05) is 6.04 Å². The van der Waals surface area contributed by atoms with E-state index in [-0.39, 0.29) is 0 Å². The second-order valence-electron chi connectivity index (χ2n) is 6.99. The number of aromatic amines is 1. The number of H-pyrrole nitrogens is 1. The molecule has 1 heterocycles. The van der Waals surface area contributed by atoms with E-state index < -0.39 is 0 Å². The summed E-state index contributed by atoms with van der Waals surface area (Å²) < 4.78 is 0. The second-order valence-corrected chi connectivity index (χ2v) is 6.99. The summed E-state index contributed by atoms with van der Waals surface area (Å²) in [5.41, 5.74) is 3.66. The van der Waals surface area contributed by atoms with Gasteiger partial charge in [0.2, 0.25) is 0 Å². The summed E-state index contributed by atoms with van der Waals surface area (Å²) >= 11 is 0. The minimum atomic E-state index is 0.630. The highest BCUT2D eigenvalue weighted by molar-refractivity contribution is 5.74. The van der Waals surface area contributed by atoms with Crippen LogP contribution in [0.1, 0.15) is 37.1 Å². The van der Waals surface area contributed by atoms with Gasteiger partial charge in [-0.1, -0.05) is 42.5 Å². The van der Waals surface area contributed by atoms with Crippen LogP contribution in [0.2, 0.25) is 0 Å². The Morgan fingerprint density at radius 1 is 0.917 bits per heavy atom. The van der Waals surface area contributed by atoms with Crippen LogP contribution in [-0.4, -0.2) is 16.0 Å². The lowest BCUT2D eigenvalue weighted by Gasteiger charge is -2.29. The summed E-state index contributed by atoms with van der Waals surface area (Å²) in [5, 5.41) is 3.69. The summed E-state index contributed by atoms with van der Waals surface area (Å²) in [5.74, 6) is 1.89. The average Bonchev–Trinajstić information content (AvgIpc) is 3.05. The molecule has 1 aliphatic rings. The lowest BCUT2D eigenvalue weighted by atomic mass is 9.82. The summed E-state index contributed by atoms with van der Waals surface area (Å²) in [6, 6.07) is 19.8. The van der Waals surface area contributed by atoms with Crippen LogP contribution in [0.5, 0.6) is 0 Å². The molecule has 2 aromatic carbocycles. The number of nitrogens with zero attached hydrogens (tertiary/aromatic N) is 1. The molecule has 3 nitrogen and oxygen atoms in total. The highest BCUT2D eigenvalue weighted by Crippen LogP contribution is 2.27. The highest BCUT2D eigenvalue weighted by Gasteiger charge is 2.21. The molecule has 0 radical (unpaired) electrons. The van der Waals surface area contributed by atoms with Crippen LogP contribution in [0.4, 0.5) is 0 Å². The standard InChI is InChI=1S/C21H25N3/c1-2-6-16(7-3-1)14-17-10-12-18(13-11-17)22-15-21-23-19-8-4-5-9-20(19)24-21/h1-9,17-18,22H,10-15H2,(H,23,24)/t17-,18+. The van der Waals surface area contributed by atoms with Crippen molar-refractivity contribution in [1.29, 1.82) is 0 Å². The fourth-order valence-corrected chi connectivity index (χ4v) is 3.85. The zero-order valence-electron chi connectivity index (χ0n) is 14.0. The van der Waals surface area contributed by atoms with Gasteiger partial charge in [-0.25, -0.2) is 4.98 Å². The first-order valence-corrected chi connectivity index (χ1v) is 9.08. The molecule has 1 aromatic heterocycles. The molecule has 0 amide bonds. The fourth-order valence-electron chi connectivity index (χ4n) is 3.85. The monoisotopic (exact) mass is 319 g/mol. The molecular formula is C21H25N3. The summed E-state index contributed by atoms with van der Waals surface area (Å²) in [6.07, 6.45) is 6.44. The van der Waals surface area contributed by atoms with Gasteiger partial charge in [0.25, 0.3) is 0 Å². The molecule has 0 spiro atoms. The Bertz CT molecular complexity index is 737. The Balaban J connectivity index is 1.26. The van der Waals surface area contributed by atoms with E-state index >= 15 is 0 Å². The molecule has 2 N–H and O–H groups in total. The first kappa shape index (κ1) is 15.4. The van der Waals surface area contributed by atoms with Crippen LogP contribution < -0.4 is 5.32 Å². The van der Waals surface area contributed by atoms with Gasteiger partial charge in [-0.15, -0.1) is 0 Å². The van der Waals surface area contributed by atoms with Crippen LogP contribution in [0.25, 0.3) is 11.0 Å². The van der Waals surface area contributed by atoms with Crippen molar-refractivity contribution in [2.24, 2.45) is 5.92 Å². The van der Waals surface area contributed by atoms with E-state index in [0.717, 1.165) is 29.3 Å². The van der Waals surface area contributed by atoms with Gasteiger partial charge in [-0.05, 0) is 55.7 Å². The normalized spacial score (nSPS) is 21.2. The summed E-state index contributed by atoms with van der Waals surface area (Å²) in [6.45, 7) is 0.836. The van der Waals surface area contributed by atoms with E-state index in [9.17, 15) is 0 Å². The Morgan fingerprint density at radius 2 is 1.67 bits per heavy atom. The number of hydrogen-bond acceptors (Lipinski definition) is 2. The zero-order chi connectivity index (χ0) is 16.2. The minimum Gasteiger partial charge on any atom is -0.341 e. The van der Waals surface area contributed by atoms with Crippen LogP contribution in [0.3, 0.4) is 0 Å². The van der Waals surface area contributed by atoms with E-state index in [0.29, 0.717) is 6.04 Å². The molecule has 24 heavy (non-hydrogen) atoms. The smallest absolute Gasteiger partial charge is 0.121 e. The number of rotatable bonds is 5. The average molecular weight is 319 g/mol. The third-order valence-corrected chi connectivity index (χ3v) is 5.21. The highest BCUT2D eigenvalue weighted by atomic mass is 15.0. The molecular weight excluding hydrogens is 294 g/mol. The molecule has 4 rings (SSSR count). The van der Waals surface area contributed by atoms with Crippen molar-refractivity contribution in [3.63, 3.8) is 0 Å². The Labute approximate surface area is 143 Å². The van der Waals surface area contributed by atoms with Crippen LogP contribution >= 0.6 is 0 Å². The van der Waals surface area contributed by atoms with Gasteiger partial charge in [-0.3, -0.25) is 0 Å². The van der Waals surface area contributed by atoms with Crippen molar-refractivity contribution < 1.29 is 0 Å². The molecule has 124 valence electrons. The number of hydrogen-bond donors (Lipinski definition) is 2. The fraction of sp³-hybridized carbons (Fsp3) is 0.381. The minimum absolute atomic E-state index is 0.630. The van der Waals surface area contributed by atoms with Gasteiger partial charge in [0.05, 0.1) is 17.6 Å².